The van der Waals surface area contributed by atoms with E-state index in [1.54, 1.807) is 18.6 Å². The number of halogens is 2. The fourth-order valence-electron chi connectivity index (χ4n) is 1.90. The van der Waals surface area contributed by atoms with E-state index in [1.807, 2.05) is 30.3 Å². The van der Waals surface area contributed by atoms with Crippen LogP contribution in [0.1, 0.15) is 11.1 Å². The van der Waals surface area contributed by atoms with Crippen LogP contribution in [-0.4, -0.2) is 17.8 Å². The van der Waals surface area contributed by atoms with E-state index in [4.69, 9.17) is 0 Å². The highest BCUT2D eigenvalue weighted by atomic mass is 19.3. The summed E-state index contributed by atoms with van der Waals surface area (Å²) in [6, 6.07) is 15.8. The number of aliphatic hydroxyl groups excluding tert-OH is 1. The van der Waals surface area contributed by atoms with Gasteiger partial charge in [-0.25, -0.2) is 0 Å². The van der Waals surface area contributed by atoms with E-state index in [0.29, 0.717) is 6.42 Å². The van der Waals surface area contributed by atoms with Crippen LogP contribution in [-0.2, 0) is 6.42 Å². The first-order valence-electron chi connectivity index (χ1n) is 6.25. The molecule has 4 heteroatoms. The molecule has 2 nitrogen and oxygen atoms in total. The number of alkyl halides is 2. The van der Waals surface area contributed by atoms with Gasteiger partial charge in [-0.3, -0.25) is 0 Å². The zero-order valence-electron chi connectivity index (χ0n) is 10.7. The van der Waals surface area contributed by atoms with Gasteiger partial charge in [0.25, 0.3) is 0 Å². The second kappa shape index (κ2) is 7.01. The van der Waals surface area contributed by atoms with Crippen molar-refractivity contribution in [3.8, 4) is 5.75 Å². The lowest BCUT2D eigenvalue weighted by Gasteiger charge is -2.11. The van der Waals surface area contributed by atoms with Gasteiger partial charge < -0.3 is 9.84 Å². The van der Waals surface area contributed by atoms with Crippen molar-refractivity contribution in [3.05, 3.63) is 72.1 Å². The number of hydrogen-bond acceptors (Lipinski definition) is 2. The molecule has 0 heterocycles. The number of hydrogen-bond donors (Lipinski definition) is 1. The Bertz CT molecular complexity index is 512. The van der Waals surface area contributed by atoms with Crippen molar-refractivity contribution in [2.24, 2.45) is 0 Å². The lowest BCUT2D eigenvalue weighted by atomic mass is 10.0. The summed E-state index contributed by atoms with van der Waals surface area (Å²) in [6.45, 7) is -2.83. The van der Waals surface area contributed by atoms with Crippen LogP contribution >= 0.6 is 0 Å². The molecule has 1 atom stereocenters. The van der Waals surface area contributed by atoms with Crippen LogP contribution in [0.5, 0.6) is 5.75 Å². The first-order chi connectivity index (χ1) is 9.63. The van der Waals surface area contributed by atoms with Gasteiger partial charge in [0.2, 0.25) is 0 Å². The van der Waals surface area contributed by atoms with Crippen molar-refractivity contribution in [1.82, 2.24) is 0 Å². The number of benzene rings is 2. The Morgan fingerprint density at radius 2 is 1.65 bits per heavy atom. The Labute approximate surface area is 116 Å². The second-order valence-electron chi connectivity index (χ2n) is 4.37. The molecule has 2 aromatic carbocycles. The fourth-order valence-corrected chi connectivity index (χ4v) is 1.90. The molecule has 0 saturated heterocycles. The predicted octanol–water partition coefficient (Wildman–Crippen LogP) is 3.44. The maximum absolute atomic E-state index is 12.0. The van der Waals surface area contributed by atoms with Crippen LogP contribution < -0.4 is 4.74 Å². The molecule has 1 N–H and O–H groups in total. The number of aliphatic hydroxyl groups is 1. The predicted molar refractivity (Wildman–Crippen MR) is 72.6 cm³/mol. The number of ether oxygens (including phenoxy) is 1. The van der Waals surface area contributed by atoms with Crippen molar-refractivity contribution in [1.29, 1.82) is 0 Å². The third-order valence-corrected chi connectivity index (χ3v) is 2.78. The van der Waals surface area contributed by atoms with Crippen LogP contribution in [0.15, 0.2) is 54.6 Å². The molecule has 0 aliphatic rings. The third-order valence-electron chi connectivity index (χ3n) is 2.78. The standard InChI is InChI=1S/C16H15F2O2/c17-16(18)20-15-8-6-13(7-9-15)11-14(19)10-12-4-2-1-3-5-12/h1-9,11,14,16,19H,10H2. The highest BCUT2D eigenvalue weighted by molar-refractivity contribution is 5.32. The minimum Gasteiger partial charge on any atom is -0.435 e. The Morgan fingerprint density at radius 3 is 2.25 bits per heavy atom. The highest BCUT2D eigenvalue weighted by Gasteiger charge is 2.08. The fraction of sp³-hybridized carbons (Fsp3) is 0.188. The quantitative estimate of drug-likeness (QED) is 0.876. The van der Waals surface area contributed by atoms with Crippen LogP contribution in [0.2, 0.25) is 0 Å². The molecule has 105 valence electrons. The molecule has 0 aliphatic carbocycles. The van der Waals surface area contributed by atoms with Crippen molar-refractivity contribution >= 4 is 0 Å². The maximum atomic E-state index is 12.0. The summed E-state index contributed by atoms with van der Waals surface area (Å²) >= 11 is 0. The molecule has 0 spiro atoms. The molecule has 1 unspecified atom stereocenters. The minimum atomic E-state index is -2.83. The summed E-state index contributed by atoms with van der Waals surface area (Å²) in [5.74, 6) is 0.106. The summed E-state index contributed by atoms with van der Waals surface area (Å²) in [7, 11) is 0. The Balaban J connectivity index is 1.89. The molecule has 0 aromatic heterocycles. The third kappa shape index (κ3) is 4.63. The zero-order valence-corrected chi connectivity index (χ0v) is 10.7. The maximum Gasteiger partial charge on any atom is 0.387 e. The van der Waals surface area contributed by atoms with Gasteiger partial charge in [-0.2, -0.15) is 8.78 Å². The van der Waals surface area contributed by atoms with Crippen LogP contribution in [0.4, 0.5) is 8.78 Å². The van der Waals surface area contributed by atoms with Gasteiger partial charge in [0, 0.05) is 6.42 Å². The van der Waals surface area contributed by atoms with Crippen molar-refractivity contribution in [2.45, 2.75) is 19.1 Å². The van der Waals surface area contributed by atoms with Gasteiger partial charge in [-0.15, -0.1) is 0 Å². The minimum absolute atomic E-state index is 0.106. The lowest BCUT2D eigenvalue weighted by Crippen LogP contribution is -2.11. The highest BCUT2D eigenvalue weighted by Crippen LogP contribution is 2.17. The first-order valence-corrected chi connectivity index (χ1v) is 6.25. The molecule has 20 heavy (non-hydrogen) atoms. The molecule has 0 amide bonds. The van der Waals surface area contributed by atoms with E-state index in [0.717, 1.165) is 11.1 Å². The van der Waals surface area contributed by atoms with Crippen molar-refractivity contribution in [3.63, 3.8) is 0 Å². The van der Waals surface area contributed by atoms with Crippen LogP contribution in [0.3, 0.4) is 0 Å². The van der Waals surface area contributed by atoms with Gasteiger partial charge in [0.05, 0.1) is 6.10 Å². The van der Waals surface area contributed by atoms with Crippen LogP contribution in [0, 0.1) is 6.42 Å². The molecule has 2 aromatic rings. The Kier molecular flexibility index (Phi) is 5.07. The van der Waals surface area contributed by atoms with E-state index < -0.39 is 12.7 Å². The zero-order chi connectivity index (χ0) is 14.4. The molecule has 1 radical (unpaired) electrons. The van der Waals surface area contributed by atoms with Gasteiger partial charge in [0.15, 0.2) is 0 Å². The lowest BCUT2D eigenvalue weighted by molar-refractivity contribution is -0.0498. The normalized spacial score (nSPS) is 12.4. The van der Waals surface area contributed by atoms with E-state index in [1.165, 1.54) is 12.1 Å². The average molecular weight is 277 g/mol. The van der Waals surface area contributed by atoms with Crippen molar-refractivity contribution < 1.29 is 18.6 Å². The first kappa shape index (κ1) is 14.5. The van der Waals surface area contributed by atoms with E-state index in [2.05, 4.69) is 4.74 Å². The van der Waals surface area contributed by atoms with Crippen molar-refractivity contribution in [2.75, 3.05) is 0 Å². The topological polar surface area (TPSA) is 29.5 Å². The van der Waals surface area contributed by atoms with Gasteiger partial charge in [-0.1, -0.05) is 42.5 Å². The molecule has 0 fully saturated rings. The SMILES string of the molecule is OC([CH]c1ccc(OC(F)F)cc1)Cc1ccccc1. The van der Waals surface area contributed by atoms with E-state index in [9.17, 15) is 13.9 Å². The smallest absolute Gasteiger partial charge is 0.387 e. The monoisotopic (exact) mass is 277 g/mol. The second-order valence-corrected chi connectivity index (χ2v) is 4.37. The summed E-state index contributed by atoms with van der Waals surface area (Å²) in [6.07, 6.45) is 1.56. The molecule has 0 saturated carbocycles. The molecular formula is C16H15F2O2. The average Bonchev–Trinajstić information content (AvgIpc) is 2.41. The summed E-state index contributed by atoms with van der Waals surface area (Å²) in [5, 5.41) is 9.96. The summed E-state index contributed by atoms with van der Waals surface area (Å²) < 4.78 is 28.3. The van der Waals surface area contributed by atoms with Gasteiger partial charge in [0.1, 0.15) is 5.75 Å². The Morgan fingerprint density at radius 1 is 1.00 bits per heavy atom. The largest absolute Gasteiger partial charge is 0.435 e. The summed E-state index contributed by atoms with van der Waals surface area (Å²) in [4.78, 5) is 0. The van der Waals surface area contributed by atoms with Gasteiger partial charge in [-0.05, 0) is 29.7 Å². The summed E-state index contributed by atoms with van der Waals surface area (Å²) in [5.41, 5.74) is 1.80. The molecule has 2 rings (SSSR count). The van der Waals surface area contributed by atoms with E-state index in [-0.39, 0.29) is 5.75 Å². The van der Waals surface area contributed by atoms with Gasteiger partial charge >= 0.3 is 6.61 Å². The number of rotatable bonds is 6. The van der Waals surface area contributed by atoms with Crippen LogP contribution in [0.25, 0.3) is 0 Å². The molecule has 0 bridgehead atoms. The van der Waals surface area contributed by atoms with E-state index >= 15 is 0 Å². The molecular weight excluding hydrogens is 262 g/mol. The molecule has 0 aliphatic heterocycles. The Hall–Kier alpha value is -1.94.